The summed E-state index contributed by atoms with van der Waals surface area (Å²) in [5.74, 6) is 0.594. The van der Waals surface area contributed by atoms with Crippen LogP contribution in [0, 0.1) is 0 Å². The quantitative estimate of drug-likeness (QED) is 0.137. The second kappa shape index (κ2) is 13.0. The zero-order valence-corrected chi connectivity index (χ0v) is 26.4. The van der Waals surface area contributed by atoms with Crippen molar-refractivity contribution >= 4 is 56.1 Å². The van der Waals surface area contributed by atoms with E-state index in [1.165, 1.54) is 17.4 Å². The van der Waals surface area contributed by atoms with Gasteiger partial charge in [0, 0.05) is 52.7 Å². The van der Waals surface area contributed by atoms with Gasteiger partial charge in [0.05, 0.1) is 16.3 Å². The zero-order valence-electron chi connectivity index (χ0n) is 23.9. The molecule has 0 bridgehead atoms. The predicted molar refractivity (Wildman–Crippen MR) is 172 cm³/mol. The van der Waals surface area contributed by atoms with Crippen molar-refractivity contribution < 1.29 is 13.2 Å². The first-order valence-electron chi connectivity index (χ1n) is 13.1. The zero-order chi connectivity index (χ0) is 30.5. The number of rotatable bonds is 9. The second-order valence-corrected chi connectivity index (χ2v) is 13.9. The van der Waals surface area contributed by atoms with Crippen LogP contribution < -0.4 is 26.0 Å². The number of nitrogens with zero attached hydrogens (tertiary/aromatic N) is 2. The maximum atomic E-state index is 13.5. The Balaban J connectivity index is 1.59. The van der Waals surface area contributed by atoms with Crippen LogP contribution in [0.5, 0.6) is 0 Å². The molecule has 0 spiro atoms. The second-order valence-electron chi connectivity index (χ2n) is 10.8. The average Bonchev–Trinajstić information content (AvgIpc) is 3.59. The Labute approximate surface area is 255 Å². The lowest BCUT2D eigenvalue weighted by atomic mass is 10.1. The number of nitrogens with one attached hydrogen (secondary N) is 6. The number of anilines is 2. The maximum absolute atomic E-state index is 13.5. The van der Waals surface area contributed by atoms with E-state index >= 15 is 0 Å². The van der Waals surface area contributed by atoms with E-state index in [0.29, 0.717) is 27.1 Å². The Kier molecular flexibility index (Phi) is 9.61. The smallest absolute Gasteiger partial charge is 0.319 e. The standard InChI is InChI=1S/C28H34N8O3S3/c1-17(2)33-27(40)35-19-8-6-18(7-9-19)25-31-15-22(41-25)21-11-10-20(14-23(21)42(38,39)36-28(3,4)5)34-26(37)32-16-24-29-12-13-30-24/h6-15,17,36H,16H2,1-5H3,(H,29,30)(H2,32,34,37)(H2,33,35,40). The number of hydrogen-bond acceptors (Lipinski definition) is 7. The van der Waals surface area contributed by atoms with E-state index in [4.69, 9.17) is 12.2 Å². The van der Waals surface area contributed by atoms with E-state index in [1.807, 2.05) is 38.1 Å². The molecule has 0 unspecified atom stereocenters. The van der Waals surface area contributed by atoms with Crippen molar-refractivity contribution in [2.24, 2.45) is 0 Å². The van der Waals surface area contributed by atoms with Crippen LogP contribution in [0.3, 0.4) is 0 Å². The highest BCUT2D eigenvalue weighted by Gasteiger charge is 2.26. The fourth-order valence-corrected chi connectivity index (χ4v) is 6.92. The molecule has 0 radical (unpaired) electrons. The Hall–Kier alpha value is -3.85. The van der Waals surface area contributed by atoms with Crippen LogP contribution in [0.15, 0.2) is 66.0 Å². The molecule has 14 heteroatoms. The van der Waals surface area contributed by atoms with Crippen molar-refractivity contribution in [3.05, 3.63) is 66.9 Å². The Morgan fingerprint density at radius 3 is 2.40 bits per heavy atom. The van der Waals surface area contributed by atoms with E-state index < -0.39 is 21.6 Å². The number of H-pyrrole nitrogens is 1. The highest BCUT2D eigenvalue weighted by atomic mass is 32.2. The lowest BCUT2D eigenvalue weighted by molar-refractivity contribution is 0.251. The molecule has 4 aromatic rings. The van der Waals surface area contributed by atoms with Gasteiger partial charge in [0.1, 0.15) is 10.8 Å². The normalized spacial score (nSPS) is 11.8. The number of thiazole rings is 1. The summed E-state index contributed by atoms with van der Waals surface area (Å²) in [5.41, 5.74) is 1.79. The van der Waals surface area contributed by atoms with E-state index in [9.17, 15) is 13.2 Å². The number of thiocarbonyl (C=S) groups is 1. The van der Waals surface area contributed by atoms with Crippen LogP contribution in [-0.4, -0.2) is 46.1 Å². The van der Waals surface area contributed by atoms with Crippen LogP contribution in [-0.2, 0) is 16.6 Å². The van der Waals surface area contributed by atoms with Gasteiger partial charge in [-0.1, -0.05) is 6.07 Å². The molecule has 2 heterocycles. The topological polar surface area (TPSA) is 153 Å². The molecule has 0 saturated carbocycles. The number of amides is 2. The summed E-state index contributed by atoms with van der Waals surface area (Å²) in [5, 5.41) is 13.0. The fourth-order valence-electron chi connectivity index (χ4n) is 3.88. The minimum atomic E-state index is -3.97. The Morgan fingerprint density at radius 2 is 1.76 bits per heavy atom. The molecule has 6 N–H and O–H groups in total. The first-order valence-corrected chi connectivity index (χ1v) is 15.9. The maximum Gasteiger partial charge on any atom is 0.319 e. The van der Waals surface area contributed by atoms with Crippen LogP contribution in [0.4, 0.5) is 16.2 Å². The highest BCUT2D eigenvalue weighted by molar-refractivity contribution is 7.89. The molecule has 11 nitrogen and oxygen atoms in total. The van der Waals surface area contributed by atoms with Gasteiger partial charge in [0.2, 0.25) is 10.0 Å². The number of carbonyl (C=O) groups is 1. The molecule has 0 saturated heterocycles. The summed E-state index contributed by atoms with van der Waals surface area (Å²) in [6.45, 7) is 9.52. The number of aromatic amines is 1. The highest BCUT2D eigenvalue weighted by Crippen LogP contribution is 2.37. The average molecular weight is 627 g/mol. The largest absolute Gasteiger partial charge is 0.360 e. The Morgan fingerprint density at radius 1 is 1.05 bits per heavy atom. The first-order chi connectivity index (χ1) is 19.8. The number of aromatic nitrogens is 3. The number of hydrogen-bond donors (Lipinski definition) is 6. The lowest BCUT2D eigenvalue weighted by Gasteiger charge is -2.22. The van der Waals surface area contributed by atoms with Gasteiger partial charge in [-0.15, -0.1) is 11.3 Å². The monoisotopic (exact) mass is 626 g/mol. The molecule has 0 atom stereocenters. The summed E-state index contributed by atoms with van der Waals surface area (Å²) in [7, 11) is -3.97. The predicted octanol–water partition coefficient (Wildman–Crippen LogP) is 5.29. The summed E-state index contributed by atoms with van der Waals surface area (Å²) in [6, 6.07) is 12.2. The van der Waals surface area contributed by atoms with Gasteiger partial charge in [-0.2, -0.15) is 0 Å². The summed E-state index contributed by atoms with van der Waals surface area (Å²) in [6.07, 6.45) is 4.90. The van der Waals surface area contributed by atoms with Crippen LogP contribution in [0.25, 0.3) is 21.0 Å². The molecule has 42 heavy (non-hydrogen) atoms. The molecular weight excluding hydrogens is 593 g/mol. The third kappa shape index (κ3) is 8.58. The summed E-state index contributed by atoms with van der Waals surface area (Å²) in [4.78, 5) is 24.7. The van der Waals surface area contributed by atoms with Gasteiger partial charge in [-0.3, -0.25) is 0 Å². The van der Waals surface area contributed by atoms with Crippen LogP contribution in [0.1, 0.15) is 40.4 Å². The van der Waals surface area contributed by atoms with E-state index in [2.05, 4.69) is 40.9 Å². The van der Waals surface area contributed by atoms with Crippen LogP contribution >= 0.6 is 23.6 Å². The molecular formula is C28H34N8O3S3. The molecule has 222 valence electrons. The SMILES string of the molecule is CC(C)NC(=S)Nc1ccc(-c2ncc(-c3ccc(NC(=O)NCc4ncc[nH]4)cc3S(=O)(=O)NC(C)(C)C)s2)cc1. The molecule has 2 aromatic carbocycles. The summed E-state index contributed by atoms with van der Waals surface area (Å²) < 4.78 is 29.8. The number of sulfonamides is 1. The van der Waals surface area contributed by atoms with E-state index in [1.54, 1.807) is 51.5 Å². The fraction of sp³-hybridized carbons (Fsp3) is 0.286. The first kappa shape index (κ1) is 31.1. The third-order valence-electron chi connectivity index (χ3n) is 5.52. The van der Waals surface area contributed by atoms with Gasteiger partial charge in [0.15, 0.2) is 5.11 Å². The van der Waals surface area contributed by atoms with E-state index in [0.717, 1.165) is 16.3 Å². The van der Waals surface area contributed by atoms with Gasteiger partial charge >= 0.3 is 6.03 Å². The Bertz CT molecular complexity index is 1640. The molecule has 2 amide bonds. The lowest BCUT2D eigenvalue weighted by Crippen LogP contribution is -2.40. The molecule has 0 fully saturated rings. The van der Waals surface area contributed by atoms with Gasteiger partial charge in [-0.25, -0.2) is 27.9 Å². The van der Waals surface area contributed by atoms with Gasteiger partial charge in [-0.05, 0) is 83.2 Å². The molecule has 0 aliphatic heterocycles. The summed E-state index contributed by atoms with van der Waals surface area (Å²) >= 11 is 6.69. The van der Waals surface area contributed by atoms with E-state index in [-0.39, 0.29) is 17.5 Å². The van der Waals surface area contributed by atoms with Crippen LogP contribution in [0.2, 0.25) is 0 Å². The van der Waals surface area contributed by atoms with Gasteiger partial charge in [0.25, 0.3) is 0 Å². The van der Waals surface area contributed by atoms with Crippen molar-refractivity contribution in [3.63, 3.8) is 0 Å². The minimum absolute atomic E-state index is 0.0298. The minimum Gasteiger partial charge on any atom is -0.360 e. The number of urea groups is 1. The molecule has 4 rings (SSSR count). The van der Waals surface area contributed by atoms with Crippen molar-refractivity contribution in [1.29, 1.82) is 0 Å². The molecule has 2 aromatic heterocycles. The van der Waals surface area contributed by atoms with Crippen molar-refractivity contribution in [3.8, 4) is 21.0 Å². The van der Waals surface area contributed by atoms with Crippen molar-refractivity contribution in [1.82, 2.24) is 30.3 Å². The number of imidazole rings is 1. The van der Waals surface area contributed by atoms with Crippen molar-refractivity contribution in [2.75, 3.05) is 10.6 Å². The molecule has 0 aliphatic rings. The number of benzene rings is 2. The van der Waals surface area contributed by atoms with Crippen molar-refractivity contribution in [2.45, 2.75) is 57.6 Å². The molecule has 0 aliphatic carbocycles. The van der Waals surface area contributed by atoms with Gasteiger partial charge < -0.3 is 26.3 Å². The third-order valence-corrected chi connectivity index (χ3v) is 8.62. The number of carbonyl (C=O) groups excluding carboxylic acids is 1.